The molecule has 5 nitrogen and oxygen atoms in total. The van der Waals surface area contributed by atoms with Crippen LogP contribution < -0.4 is 5.32 Å². The summed E-state index contributed by atoms with van der Waals surface area (Å²) in [5.41, 5.74) is 0. The highest BCUT2D eigenvalue weighted by atomic mass is 16.2. The zero-order valence-corrected chi connectivity index (χ0v) is 10.7. The highest BCUT2D eigenvalue weighted by Crippen LogP contribution is 2.10. The molecule has 92 valence electrons. The molecule has 1 rings (SSSR count). The largest absolute Gasteiger partial charge is 0.352 e. The summed E-state index contributed by atoms with van der Waals surface area (Å²) in [5.74, 6) is 1.11. The molecule has 1 aliphatic heterocycles. The minimum atomic E-state index is 0.240. The second-order valence-corrected chi connectivity index (χ2v) is 4.26. The first kappa shape index (κ1) is 12.8. The van der Waals surface area contributed by atoms with Gasteiger partial charge in [0.05, 0.1) is 0 Å². The van der Waals surface area contributed by atoms with E-state index in [1.54, 1.807) is 7.05 Å². The summed E-state index contributed by atoms with van der Waals surface area (Å²) in [6.07, 6.45) is 1.59. The molecule has 0 aliphatic carbocycles. The second kappa shape index (κ2) is 5.72. The van der Waals surface area contributed by atoms with Gasteiger partial charge in [-0.05, 0) is 6.42 Å². The monoisotopic (exact) mass is 226 g/mol. The van der Waals surface area contributed by atoms with Crippen molar-refractivity contribution < 1.29 is 4.79 Å². The first-order valence-electron chi connectivity index (χ1n) is 5.76. The van der Waals surface area contributed by atoms with Crippen LogP contribution >= 0.6 is 0 Å². The molecular formula is C11H22N4O. The number of hydrogen-bond acceptors (Lipinski definition) is 2. The Kier molecular flexibility index (Phi) is 4.58. The predicted molar refractivity (Wildman–Crippen MR) is 65.5 cm³/mol. The van der Waals surface area contributed by atoms with E-state index in [1.165, 1.54) is 0 Å². The summed E-state index contributed by atoms with van der Waals surface area (Å²) in [7, 11) is 5.69. The Labute approximate surface area is 97.5 Å². The smallest absolute Gasteiger partial charge is 0.222 e. The summed E-state index contributed by atoms with van der Waals surface area (Å²) < 4.78 is 0. The molecule has 0 aromatic heterocycles. The average Bonchev–Trinajstić information content (AvgIpc) is 2.72. The van der Waals surface area contributed by atoms with Gasteiger partial charge in [0.2, 0.25) is 5.91 Å². The van der Waals surface area contributed by atoms with E-state index in [-0.39, 0.29) is 5.91 Å². The third-order valence-corrected chi connectivity index (χ3v) is 2.81. The molecule has 1 atom stereocenters. The lowest BCUT2D eigenvalue weighted by Crippen LogP contribution is -2.44. The Bertz CT molecular complexity index is 275. The van der Waals surface area contributed by atoms with E-state index < -0.39 is 0 Å². The second-order valence-electron chi connectivity index (χ2n) is 4.26. The topological polar surface area (TPSA) is 47.9 Å². The van der Waals surface area contributed by atoms with E-state index in [4.69, 9.17) is 0 Å². The molecule has 0 bridgehead atoms. The SMILES string of the molecule is CCC(=O)N1CCC(NC(=NC)N(C)C)C1. The predicted octanol–water partition coefficient (Wildman–Crippen LogP) is 0.134. The fourth-order valence-corrected chi connectivity index (χ4v) is 1.90. The van der Waals surface area contributed by atoms with Gasteiger partial charge in [0, 0.05) is 46.7 Å². The maximum absolute atomic E-state index is 11.5. The molecule has 0 spiro atoms. The first-order valence-corrected chi connectivity index (χ1v) is 5.76. The Morgan fingerprint density at radius 1 is 1.56 bits per heavy atom. The van der Waals surface area contributed by atoms with Crippen LogP contribution in [0.15, 0.2) is 4.99 Å². The summed E-state index contributed by atoms with van der Waals surface area (Å²) >= 11 is 0. The number of likely N-dealkylation sites (tertiary alicyclic amines) is 1. The van der Waals surface area contributed by atoms with Crippen LogP contribution in [0.3, 0.4) is 0 Å². The van der Waals surface area contributed by atoms with Crippen LogP contribution in [-0.4, -0.2) is 61.9 Å². The molecule has 1 aliphatic rings. The number of carbonyl (C=O) groups excluding carboxylic acids is 1. The average molecular weight is 226 g/mol. The van der Waals surface area contributed by atoms with Crippen molar-refractivity contribution in [2.75, 3.05) is 34.2 Å². The van der Waals surface area contributed by atoms with Crippen molar-refractivity contribution in [1.29, 1.82) is 0 Å². The van der Waals surface area contributed by atoms with Gasteiger partial charge in [-0.15, -0.1) is 0 Å². The highest BCUT2D eigenvalue weighted by Gasteiger charge is 2.25. The maximum atomic E-state index is 11.5. The van der Waals surface area contributed by atoms with Crippen LogP contribution in [0.2, 0.25) is 0 Å². The van der Waals surface area contributed by atoms with Gasteiger partial charge >= 0.3 is 0 Å². The van der Waals surface area contributed by atoms with Gasteiger partial charge in [0.25, 0.3) is 0 Å². The van der Waals surface area contributed by atoms with E-state index in [0.29, 0.717) is 12.5 Å². The van der Waals surface area contributed by atoms with Crippen LogP contribution in [0.25, 0.3) is 0 Å². The van der Waals surface area contributed by atoms with Crippen molar-refractivity contribution in [3.8, 4) is 0 Å². The first-order chi connectivity index (χ1) is 7.58. The van der Waals surface area contributed by atoms with Gasteiger partial charge < -0.3 is 15.1 Å². The van der Waals surface area contributed by atoms with Crippen LogP contribution in [-0.2, 0) is 4.79 Å². The van der Waals surface area contributed by atoms with Gasteiger partial charge in [-0.2, -0.15) is 0 Å². The Morgan fingerprint density at radius 3 is 2.75 bits per heavy atom. The zero-order valence-electron chi connectivity index (χ0n) is 10.7. The van der Waals surface area contributed by atoms with Gasteiger partial charge in [-0.1, -0.05) is 6.92 Å². The lowest BCUT2D eigenvalue weighted by atomic mass is 10.3. The molecule has 0 aromatic carbocycles. The number of carbonyl (C=O) groups is 1. The summed E-state index contributed by atoms with van der Waals surface area (Å²) in [6.45, 7) is 3.55. The zero-order chi connectivity index (χ0) is 12.1. The molecule has 16 heavy (non-hydrogen) atoms. The molecule has 1 fully saturated rings. The number of hydrogen-bond donors (Lipinski definition) is 1. The van der Waals surface area contributed by atoms with Gasteiger partial charge in [0.15, 0.2) is 5.96 Å². The molecule has 1 N–H and O–H groups in total. The van der Waals surface area contributed by atoms with Crippen LogP contribution in [0, 0.1) is 0 Å². The quantitative estimate of drug-likeness (QED) is 0.538. The molecule has 1 heterocycles. The third kappa shape index (κ3) is 3.12. The normalized spacial score (nSPS) is 21.1. The van der Waals surface area contributed by atoms with Crippen molar-refractivity contribution in [3.05, 3.63) is 0 Å². The number of rotatable bonds is 2. The summed E-state index contributed by atoms with van der Waals surface area (Å²) in [4.78, 5) is 19.5. The van der Waals surface area contributed by atoms with Crippen LogP contribution in [0.4, 0.5) is 0 Å². The van der Waals surface area contributed by atoms with Gasteiger partial charge in [-0.3, -0.25) is 9.79 Å². The minimum absolute atomic E-state index is 0.240. The molecule has 0 radical (unpaired) electrons. The Balaban J connectivity index is 2.45. The number of nitrogens with zero attached hydrogens (tertiary/aromatic N) is 3. The molecular weight excluding hydrogens is 204 g/mol. The van der Waals surface area contributed by atoms with Gasteiger partial charge in [-0.25, -0.2) is 0 Å². The van der Waals surface area contributed by atoms with Crippen molar-refractivity contribution >= 4 is 11.9 Å². The van der Waals surface area contributed by atoms with E-state index in [9.17, 15) is 4.79 Å². The van der Waals surface area contributed by atoms with E-state index >= 15 is 0 Å². The van der Waals surface area contributed by atoms with Crippen molar-refractivity contribution in [1.82, 2.24) is 15.1 Å². The summed E-state index contributed by atoms with van der Waals surface area (Å²) in [5, 5.41) is 3.36. The number of nitrogens with one attached hydrogen (secondary N) is 1. The molecule has 0 aromatic rings. The number of aliphatic imine (C=N–C) groups is 1. The summed E-state index contributed by atoms with van der Waals surface area (Å²) in [6, 6.07) is 0.330. The van der Waals surface area contributed by atoms with Crippen molar-refractivity contribution in [3.63, 3.8) is 0 Å². The van der Waals surface area contributed by atoms with Gasteiger partial charge in [0.1, 0.15) is 0 Å². The van der Waals surface area contributed by atoms with Crippen LogP contribution in [0.1, 0.15) is 19.8 Å². The van der Waals surface area contributed by atoms with E-state index in [2.05, 4.69) is 10.3 Å². The Morgan fingerprint density at radius 2 is 2.25 bits per heavy atom. The molecule has 1 unspecified atom stereocenters. The fraction of sp³-hybridized carbons (Fsp3) is 0.818. The molecule has 1 amide bonds. The number of amides is 1. The van der Waals surface area contributed by atoms with E-state index in [0.717, 1.165) is 25.5 Å². The lowest BCUT2D eigenvalue weighted by Gasteiger charge is -2.21. The standard InChI is InChI=1S/C11H22N4O/c1-5-10(16)15-7-6-9(8-15)13-11(12-2)14(3)4/h9H,5-8H2,1-4H3,(H,12,13). The number of guanidine groups is 1. The molecule has 1 saturated heterocycles. The maximum Gasteiger partial charge on any atom is 0.222 e. The third-order valence-electron chi connectivity index (χ3n) is 2.81. The van der Waals surface area contributed by atoms with Crippen molar-refractivity contribution in [2.24, 2.45) is 4.99 Å². The van der Waals surface area contributed by atoms with Crippen molar-refractivity contribution in [2.45, 2.75) is 25.8 Å². The highest BCUT2D eigenvalue weighted by molar-refractivity contribution is 5.80. The Hall–Kier alpha value is -1.26. The fourth-order valence-electron chi connectivity index (χ4n) is 1.90. The molecule has 0 saturated carbocycles. The van der Waals surface area contributed by atoms with Crippen LogP contribution in [0.5, 0.6) is 0 Å². The minimum Gasteiger partial charge on any atom is -0.352 e. The molecule has 5 heteroatoms. The lowest BCUT2D eigenvalue weighted by molar-refractivity contribution is -0.129. The van der Waals surface area contributed by atoms with E-state index in [1.807, 2.05) is 30.8 Å².